The van der Waals surface area contributed by atoms with Crippen molar-refractivity contribution in [3.05, 3.63) is 33.7 Å². The van der Waals surface area contributed by atoms with Crippen LogP contribution in [-0.2, 0) is 20.7 Å². The molecular formula is C23H29NO7. The quantitative estimate of drug-likeness (QED) is 0.554. The third-order valence-electron chi connectivity index (χ3n) is 5.40. The standard InChI is InChI=1S/C23H29NO7/c1-12(2)20(22(27)28-6)24-17(25)11-29-16-10-15-14(7-8-23(4,5)31-15)21-19(16)13(3)9-18(26)30-21/h9-10,12,20H,7-8,11H2,1-6H3,(H,24,25)/t20-/m0/s1. The smallest absolute Gasteiger partial charge is 0.336 e. The van der Waals surface area contributed by atoms with Crippen molar-refractivity contribution in [1.29, 1.82) is 0 Å². The second-order valence-electron chi connectivity index (χ2n) is 8.77. The highest BCUT2D eigenvalue weighted by Gasteiger charge is 2.31. The van der Waals surface area contributed by atoms with Gasteiger partial charge in [-0.3, -0.25) is 4.79 Å². The van der Waals surface area contributed by atoms with Crippen molar-refractivity contribution in [2.24, 2.45) is 5.92 Å². The summed E-state index contributed by atoms with van der Waals surface area (Å²) in [4.78, 5) is 36.4. The Balaban J connectivity index is 1.92. The fourth-order valence-corrected chi connectivity index (χ4v) is 3.72. The first-order valence-corrected chi connectivity index (χ1v) is 10.3. The van der Waals surface area contributed by atoms with Crippen molar-refractivity contribution in [3.8, 4) is 11.5 Å². The first-order chi connectivity index (χ1) is 14.5. The van der Waals surface area contributed by atoms with Gasteiger partial charge in [0.1, 0.15) is 28.7 Å². The second-order valence-corrected chi connectivity index (χ2v) is 8.77. The fraction of sp³-hybridized carbons (Fsp3) is 0.522. The number of benzene rings is 1. The molecule has 3 rings (SSSR count). The van der Waals surface area contributed by atoms with Crippen LogP contribution in [0.25, 0.3) is 11.0 Å². The third-order valence-corrected chi connectivity index (χ3v) is 5.40. The molecule has 1 aromatic heterocycles. The number of ether oxygens (including phenoxy) is 3. The number of methoxy groups -OCH3 is 1. The second kappa shape index (κ2) is 8.61. The molecule has 2 heterocycles. The number of rotatable bonds is 6. The van der Waals surface area contributed by atoms with Crippen molar-refractivity contribution < 1.29 is 28.2 Å². The number of hydrogen-bond acceptors (Lipinski definition) is 7. The summed E-state index contributed by atoms with van der Waals surface area (Å²) in [7, 11) is 1.28. The summed E-state index contributed by atoms with van der Waals surface area (Å²) < 4.78 is 22.2. The number of amides is 1. The fourth-order valence-electron chi connectivity index (χ4n) is 3.72. The number of hydrogen-bond donors (Lipinski definition) is 1. The highest BCUT2D eigenvalue weighted by molar-refractivity contribution is 5.92. The Labute approximate surface area is 180 Å². The molecule has 8 heteroatoms. The molecule has 0 aliphatic carbocycles. The summed E-state index contributed by atoms with van der Waals surface area (Å²) in [5.74, 6) is -0.181. The maximum atomic E-state index is 12.5. The molecule has 1 atom stereocenters. The molecule has 1 amide bonds. The Morgan fingerprint density at radius 2 is 1.97 bits per heavy atom. The van der Waals surface area contributed by atoms with Crippen LogP contribution in [0.3, 0.4) is 0 Å². The Kier molecular flexibility index (Phi) is 6.29. The summed E-state index contributed by atoms with van der Waals surface area (Å²) in [5, 5.41) is 3.27. The van der Waals surface area contributed by atoms with Crippen LogP contribution in [0.2, 0.25) is 0 Å². The van der Waals surface area contributed by atoms with Crippen molar-refractivity contribution in [1.82, 2.24) is 5.32 Å². The number of carbonyl (C=O) groups is 2. The van der Waals surface area contributed by atoms with Gasteiger partial charge in [-0.25, -0.2) is 9.59 Å². The van der Waals surface area contributed by atoms with E-state index >= 15 is 0 Å². The van der Waals surface area contributed by atoms with Crippen LogP contribution >= 0.6 is 0 Å². The van der Waals surface area contributed by atoms with Crippen molar-refractivity contribution >= 4 is 22.8 Å². The van der Waals surface area contributed by atoms with Crippen molar-refractivity contribution in [3.63, 3.8) is 0 Å². The summed E-state index contributed by atoms with van der Waals surface area (Å²) in [6.45, 7) is 9.06. The number of carbonyl (C=O) groups excluding carboxylic acids is 2. The summed E-state index contributed by atoms with van der Waals surface area (Å²) in [6, 6.07) is 2.35. The molecule has 0 fully saturated rings. The third kappa shape index (κ3) is 4.84. The highest BCUT2D eigenvalue weighted by atomic mass is 16.5. The molecule has 0 saturated carbocycles. The first-order valence-electron chi connectivity index (χ1n) is 10.3. The van der Waals surface area contributed by atoms with Gasteiger partial charge in [0, 0.05) is 17.7 Å². The zero-order chi connectivity index (χ0) is 22.9. The van der Waals surface area contributed by atoms with Crippen molar-refractivity contribution in [2.45, 2.75) is 59.1 Å². The zero-order valence-electron chi connectivity index (χ0n) is 18.8. The van der Waals surface area contributed by atoms with Crippen LogP contribution in [0.1, 0.15) is 45.2 Å². The molecule has 31 heavy (non-hydrogen) atoms. The van der Waals surface area contributed by atoms with Gasteiger partial charge in [0.2, 0.25) is 0 Å². The van der Waals surface area contributed by atoms with Crippen LogP contribution in [-0.4, -0.2) is 37.2 Å². The van der Waals surface area contributed by atoms with E-state index in [9.17, 15) is 14.4 Å². The Morgan fingerprint density at radius 3 is 2.61 bits per heavy atom. The SMILES string of the molecule is COC(=O)[C@@H](NC(=O)COc1cc2c(c3oc(=O)cc(C)c13)CCC(C)(C)O2)C(C)C. The van der Waals surface area contributed by atoms with E-state index in [1.165, 1.54) is 13.2 Å². The maximum absolute atomic E-state index is 12.5. The average Bonchev–Trinajstić information content (AvgIpc) is 2.67. The monoisotopic (exact) mass is 431 g/mol. The molecule has 1 aliphatic heterocycles. The van der Waals surface area contributed by atoms with Crippen LogP contribution < -0.4 is 20.4 Å². The molecule has 1 aromatic carbocycles. The van der Waals surface area contributed by atoms with E-state index in [1.54, 1.807) is 13.0 Å². The Morgan fingerprint density at radius 1 is 1.26 bits per heavy atom. The largest absolute Gasteiger partial charge is 0.487 e. The molecule has 0 unspecified atom stereocenters. The summed E-state index contributed by atoms with van der Waals surface area (Å²) in [5.41, 5.74) is 1.10. The van der Waals surface area contributed by atoms with Gasteiger partial charge in [-0.15, -0.1) is 0 Å². The van der Waals surface area contributed by atoms with Crippen LogP contribution in [0.5, 0.6) is 11.5 Å². The minimum absolute atomic E-state index is 0.145. The normalized spacial score (nSPS) is 15.7. The predicted octanol–water partition coefficient (Wildman–Crippen LogP) is 2.90. The number of fused-ring (bicyclic) bond motifs is 3. The molecule has 2 aromatic rings. The maximum Gasteiger partial charge on any atom is 0.336 e. The van der Waals surface area contributed by atoms with Gasteiger partial charge < -0.3 is 23.9 Å². The molecular weight excluding hydrogens is 402 g/mol. The van der Waals surface area contributed by atoms with Crippen LogP contribution in [0.15, 0.2) is 21.3 Å². The minimum atomic E-state index is -0.773. The Hall–Kier alpha value is -3.03. The Bertz CT molecular complexity index is 1070. The van der Waals surface area contributed by atoms with Crippen molar-refractivity contribution in [2.75, 3.05) is 13.7 Å². The lowest BCUT2D eigenvalue weighted by Crippen LogP contribution is -2.46. The van der Waals surface area contributed by atoms with E-state index < -0.39 is 23.5 Å². The number of nitrogens with one attached hydrogen (secondary N) is 1. The molecule has 0 radical (unpaired) electrons. The van der Waals surface area contributed by atoms with Crippen LogP contribution in [0.4, 0.5) is 0 Å². The molecule has 0 spiro atoms. The van der Waals surface area contributed by atoms with Gasteiger partial charge in [0.15, 0.2) is 6.61 Å². The summed E-state index contributed by atoms with van der Waals surface area (Å²) >= 11 is 0. The number of esters is 1. The van der Waals surface area contributed by atoms with Gasteiger partial charge in [-0.05, 0) is 45.1 Å². The number of aryl methyl sites for hydroxylation is 2. The van der Waals surface area contributed by atoms with Gasteiger partial charge in [0.25, 0.3) is 5.91 Å². The summed E-state index contributed by atoms with van der Waals surface area (Å²) in [6.07, 6.45) is 1.47. The lowest BCUT2D eigenvalue weighted by molar-refractivity contribution is -0.146. The van der Waals surface area contributed by atoms with E-state index in [0.29, 0.717) is 34.5 Å². The molecule has 1 N–H and O–H groups in total. The van der Waals surface area contributed by atoms with Crippen LogP contribution in [0, 0.1) is 12.8 Å². The van der Waals surface area contributed by atoms with E-state index in [-0.39, 0.29) is 18.1 Å². The van der Waals surface area contributed by atoms with Gasteiger partial charge in [-0.2, -0.15) is 0 Å². The van der Waals surface area contributed by atoms with Gasteiger partial charge in [-0.1, -0.05) is 13.8 Å². The molecule has 0 saturated heterocycles. The van der Waals surface area contributed by atoms with E-state index in [1.807, 2.05) is 27.7 Å². The lowest BCUT2D eigenvalue weighted by atomic mass is 9.92. The molecule has 1 aliphatic rings. The van der Waals surface area contributed by atoms with Gasteiger partial charge >= 0.3 is 11.6 Å². The average molecular weight is 431 g/mol. The topological polar surface area (TPSA) is 104 Å². The van der Waals surface area contributed by atoms with Gasteiger partial charge in [0.05, 0.1) is 12.5 Å². The lowest BCUT2D eigenvalue weighted by Gasteiger charge is -2.33. The zero-order valence-corrected chi connectivity index (χ0v) is 18.8. The molecule has 0 bridgehead atoms. The highest BCUT2D eigenvalue weighted by Crippen LogP contribution is 2.42. The molecule has 168 valence electrons. The predicted molar refractivity (Wildman–Crippen MR) is 115 cm³/mol. The molecule has 8 nitrogen and oxygen atoms in total. The van der Waals surface area contributed by atoms with E-state index in [4.69, 9.17) is 18.6 Å². The minimum Gasteiger partial charge on any atom is -0.487 e. The van der Waals surface area contributed by atoms with E-state index in [0.717, 1.165) is 12.0 Å². The van der Waals surface area contributed by atoms with E-state index in [2.05, 4.69) is 5.32 Å². The first kappa shape index (κ1) is 22.7.